The Morgan fingerprint density at radius 1 is 1.50 bits per heavy atom. The van der Waals surface area contributed by atoms with Gasteiger partial charge in [-0.25, -0.2) is 9.78 Å². The van der Waals surface area contributed by atoms with Gasteiger partial charge in [-0.2, -0.15) is 0 Å². The fraction of sp³-hybridized carbons (Fsp3) is 0.364. The molecule has 1 aromatic heterocycles. The summed E-state index contributed by atoms with van der Waals surface area (Å²) in [6.07, 6.45) is 2.85. The summed E-state index contributed by atoms with van der Waals surface area (Å²) in [4.78, 5) is 28.3. The third-order valence-corrected chi connectivity index (χ3v) is 2.52. The van der Waals surface area contributed by atoms with Crippen LogP contribution in [0.1, 0.15) is 23.2 Å². The monoisotopic (exact) mass is 220 g/mol. The first-order valence-electron chi connectivity index (χ1n) is 5.07. The van der Waals surface area contributed by atoms with Crippen molar-refractivity contribution in [3.05, 3.63) is 23.9 Å². The lowest BCUT2D eigenvalue weighted by Crippen LogP contribution is -2.24. The highest BCUT2D eigenvalue weighted by molar-refractivity contribution is 5.95. The topological polar surface area (TPSA) is 59.5 Å². The number of amides is 1. The number of methoxy groups -OCH3 is 1. The van der Waals surface area contributed by atoms with E-state index in [2.05, 4.69) is 9.72 Å². The number of hydrogen-bond acceptors (Lipinski definition) is 4. The molecular weight excluding hydrogens is 208 g/mol. The number of hydrogen-bond donors (Lipinski definition) is 0. The van der Waals surface area contributed by atoms with Crippen molar-refractivity contribution in [3.63, 3.8) is 0 Å². The quantitative estimate of drug-likeness (QED) is 0.697. The Morgan fingerprint density at radius 3 is 2.81 bits per heavy atom. The van der Waals surface area contributed by atoms with Crippen molar-refractivity contribution in [1.29, 1.82) is 0 Å². The van der Waals surface area contributed by atoms with Gasteiger partial charge in [0, 0.05) is 19.2 Å². The summed E-state index contributed by atoms with van der Waals surface area (Å²) < 4.78 is 4.56. The molecule has 0 unspecified atom stereocenters. The van der Waals surface area contributed by atoms with Gasteiger partial charge in [0.25, 0.3) is 0 Å². The SMILES string of the molecule is COC(=O)c1ccc(N2CCCC2=O)nc1. The Balaban J connectivity index is 2.19. The molecule has 0 radical (unpaired) electrons. The Bertz CT molecular complexity index is 414. The molecule has 0 aliphatic carbocycles. The van der Waals surface area contributed by atoms with E-state index in [0.29, 0.717) is 24.3 Å². The first-order chi connectivity index (χ1) is 7.72. The predicted molar refractivity (Wildman–Crippen MR) is 57.2 cm³/mol. The summed E-state index contributed by atoms with van der Waals surface area (Å²) in [5, 5.41) is 0. The van der Waals surface area contributed by atoms with Crippen molar-refractivity contribution in [1.82, 2.24) is 4.98 Å². The first kappa shape index (κ1) is 10.6. The molecule has 5 nitrogen and oxygen atoms in total. The van der Waals surface area contributed by atoms with Gasteiger partial charge in [0.2, 0.25) is 5.91 Å². The lowest BCUT2D eigenvalue weighted by Gasteiger charge is -2.13. The minimum absolute atomic E-state index is 0.0818. The molecule has 16 heavy (non-hydrogen) atoms. The second kappa shape index (κ2) is 4.30. The Labute approximate surface area is 93.0 Å². The molecule has 1 saturated heterocycles. The van der Waals surface area contributed by atoms with Crippen molar-refractivity contribution in [2.45, 2.75) is 12.8 Å². The number of ether oxygens (including phenoxy) is 1. The van der Waals surface area contributed by atoms with Crippen LogP contribution in [0.5, 0.6) is 0 Å². The highest BCUT2D eigenvalue weighted by Crippen LogP contribution is 2.18. The second-order valence-electron chi connectivity index (χ2n) is 3.55. The number of carbonyl (C=O) groups excluding carboxylic acids is 2. The van der Waals surface area contributed by atoms with Gasteiger partial charge in [-0.1, -0.05) is 0 Å². The molecule has 1 amide bonds. The molecule has 2 heterocycles. The lowest BCUT2D eigenvalue weighted by atomic mass is 10.3. The molecular formula is C11H12N2O3. The van der Waals surface area contributed by atoms with E-state index in [1.54, 1.807) is 17.0 Å². The van der Waals surface area contributed by atoms with Crippen LogP contribution in [0.3, 0.4) is 0 Å². The highest BCUT2D eigenvalue weighted by Gasteiger charge is 2.22. The molecule has 0 atom stereocenters. The largest absolute Gasteiger partial charge is 0.465 e. The summed E-state index contributed by atoms with van der Waals surface area (Å²) in [5.41, 5.74) is 0.387. The number of rotatable bonds is 2. The van der Waals surface area contributed by atoms with E-state index in [1.807, 2.05) is 0 Å². The molecule has 0 aromatic carbocycles. The molecule has 0 N–H and O–H groups in total. The molecule has 1 aromatic rings. The molecule has 0 bridgehead atoms. The first-order valence-corrected chi connectivity index (χ1v) is 5.07. The van der Waals surface area contributed by atoms with Crippen LogP contribution in [0, 0.1) is 0 Å². The van der Waals surface area contributed by atoms with Gasteiger partial charge in [0.15, 0.2) is 0 Å². The van der Waals surface area contributed by atoms with E-state index < -0.39 is 5.97 Å². The van der Waals surface area contributed by atoms with Crippen LogP contribution in [-0.4, -0.2) is 30.5 Å². The average Bonchev–Trinajstić information content (AvgIpc) is 2.75. The average molecular weight is 220 g/mol. The number of aromatic nitrogens is 1. The van der Waals surface area contributed by atoms with Crippen LogP contribution in [0.25, 0.3) is 0 Å². The third kappa shape index (κ3) is 1.88. The van der Waals surface area contributed by atoms with Gasteiger partial charge in [0.05, 0.1) is 12.7 Å². The van der Waals surface area contributed by atoms with Gasteiger partial charge in [0.1, 0.15) is 5.82 Å². The molecule has 0 spiro atoms. The maximum atomic E-state index is 11.4. The van der Waals surface area contributed by atoms with E-state index in [9.17, 15) is 9.59 Å². The van der Waals surface area contributed by atoms with E-state index >= 15 is 0 Å². The Hall–Kier alpha value is -1.91. The van der Waals surface area contributed by atoms with Crippen molar-refractivity contribution < 1.29 is 14.3 Å². The number of pyridine rings is 1. The van der Waals surface area contributed by atoms with E-state index in [4.69, 9.17) is 0 Å². The zero-order chi connectivity index (χ0) is 11.5. The van der Waals surface area contributed by atoms with Crippen LogP contribution in [0.2, 0.25) is 0 Å². The minimum atomic E-state index is -0.424. The molecule has 1 aliphatic rings. The number of carbonyl (C=O) groups is 2. The standard InChI is InChI=1S/C11H12N2O3/c1-16-11(15)8-4-5-9(12-7-8)13-6-2-3-10(13)14/h4-5,7H,2-3,6H2,1H3. The maximum absolute atomic E-state index is 11.4. The van der Waals surface area contributed by atoms with Gasteiger partial charge in [-0.05, 0) is 18.6 Å². The van der Waals surface area contributed by atoms with Crippen LogP contribution in [-0.2, 0) is 9.53 Å². The molecule has 1 fully saturated rings. The zero-order valence-corrected chi connectivity index (χ0v) is 8.97. The van der Waals surface area contributed by atoms with Crippen molar-refractivity contribution in [3.8, 4) is 0 Å². The summed E-state index contributed by atoms with van der Waals surface area (Å²) in [6, 6.07) is 3.27. The fourth-order valence-corrected chi connectivity index (χ4v) is 1.67. The van der Waals surface area contributed by atoms with Gasteiger partial charge in [-0.15, -0.1) is 0 Å². The molecule has 1 aliphatic heterocycles. The van der Waals surface area contributed by atoms with E-state index in [1.165, 1.54) is 13.3 Å². The summed E-state index contributed by atoms with van der Waals surface area (Å²) >= 11 is 0. The summed E-state index contributed by atoms with van der Waals surface area (Å²) in [7, 11) is 1.32. The molecule has 5 heteroatoms. The number of nitrogens with zero attached hydrogens (tertiary/aromatic N) is 2. The van der Waals surface area contributed by atoms with Crippen molar-refractivity contribution in [2.75, 3.05) is 18.6 Å². The van der Waals surface area contributed by atoms with E-state index in [0.717, 1.165) is 6.42 Å². The van der Waals surface area contributed by atoms with Gasteiger partial charge >= 0.3 is 5.97 Å². The van der Waals surface area contributed by atoms with Crippen molar-refractivity contribution in [2.24, 2.45) is 0 Å². The molecule has 2 rings (SSSR count). The Morgan fingerprint density at radius 2 is 2.31 bits per heavy atom. The zero-order valence-electron chi connectivity index (χ0n) is 8.97. The summed E-state index contributed by atoms with van der Waals surface area (Å²) in [6.45, 7) is 0.698. The van der Waals surface area contributed by atoms with Gasteiger partial charge < -0.3 is 4.74 Å². The van der Waals surface area contributed by atoms with Crippen LogP contribution in [0.4, 0.5) is 5.82 Å². The fourth-order valence-electron chi connectivity index (χ4n) is 1.67. The van der Waals surface area contributed by atoms with Gasteiger partial charge in [-0.3, -0.25) is 9.69 Å². The van der Waals surface area contributed by atoms with Crippen LogP contribution < -0.4 is 4.90 Å². The summed E-state index contributed by atoms with van der Waals surface area (Å²) in [5.74, 6) is 0.250. The van der Waals surface area contributed by atoms with Crippen molar-refractivity contribution >= 4 is 17.7 Å². The number of anilines is 1. The Kier molecular flexibility index (Phi) is 2.85. The third-order valence-electron chi connectivity index (χ3n) is 2.52. The minimum Gasteiger partial charge on any atom is -0.465 e. The smallest absolute Gasteiger partial charge is 0.339 e. The lowest BCUT2D eigenvalue weighted by molar-refractivity contribution is -0.117. The van der Waals surface area contributed by atoms with Crippen LogP contribution in [0.15, 0.2) is 18.3 Å². The predicted octanol–water partition coefficient (Wildman–Crippen LogP) is 0.995. The maximum Gasteiger partial charge on any atom is 0.339 e. The normalized spacial score (nSPS) is 15.3. The molecule has 0 saturated carbocycles. The number of esters is 1. The molecule has 84 valence electrons. The second-order valence-corrected chi connectivity index (χ2v) is 3.55. The highest BCUT2D eigenvalue weighted by atomic mass is 16.5. The van der Waals surface area contributed by atoms with Crippen LogP contribution >= 0.6 is 0 Å². The van der Waals surface area contributed by atoms with E-state index in [-0.39, 0.29) is 5.91 Å².